The molecule has 0 unspecified atom stereocenters. The van der Waals surface area contributed by atoms with Gasteiger partial charge in [-0.15, -0.1) is 11.3 Å². The molecule has 0 atom stereocenters. The number of carbonyl (C=O) groups excluding carboxylic acids is 1. The number of aromatic nitrogens is 3. The highest BCUT2D eigenvalue weighted by Crippen LogP contribution is 2.25. The summed E-state index contributed by atoms with van der Waals surface area (Å²) >= 11 is 1.34. The zero-order valence-corrected chi connectivity index (χ0v) is 14.2. The molecule has 6 nitrogen and oxygen atoms in total. The number of carbonyl (C=O) groups is 1. The Morgan fingerprint density at radius 2 is 2.04 bits per heavy atom. The molecule has 4 aromatic rings. The van der Waals surface area contributed by atoms with Gasteiger partial charge in [-0.1, -0.05) is 18.2 Å². The van der Waals surface area contributed by atoms with Gasteiger partial charge in [-0.3, -0.25) is 10.1 Å². The molecule has 4 rings (SSSR count). The van der Waals surface area contributed by atoms with Crippen molar-refractivity contribution in [2.45, 2.75) is 6.92 Å². The molecule has 0 aliphatic rings. The van der Waals surface area contributed by atoms with Crippen molar-refractivity contribution < 1.29 is 9.21 Å². The molecule has 0 aliphatic carbocycles. The Hall–Kier alpha value is -3.19. The van der Waals surface area contributed by atoms with Crippen molar-refractivity contribution in [2.24, 2.45) is 0 Å². The number of nitrogens with one attached hydrogen (secondary N) is 1. The van der Waals surface area contributed by atoms with Crippen LogP contribution in [0.2, 0.25) is 0 Å². The number of rotatable bonds is 4. The van der Waals surface area contributed by atoms with Gasteiger partial charge in [0.1, 0.15) is 5.69 Å². The summed E-state index contributed by atoms with van der Waals surface area (Å²) in [5, 5.41) is 9.52. The van der Waals surface area contributed by atoms with Crippen LogP contribution in [0.15, 0.2) is 64.6 Å². The van der Waals surface area contributed by atoms with E-state index in [1.165, 1.54) is 11.3 Å². The third-order valence-electron chi connectivity index (χ3n) is 3.62. The van der Waals surface area contributed by atoms with Gasteiger partial charge in [-0.2, -0.15) is 5.10 Å². The summed E-state index contributed by atoms with van der Waals surface area (Å²) < 4.78 is 7.05. The number of anilines is 1. The van der Waals surface area contributed by atoms with Crippen molar-refractivity contribution in [1.29, 1.82) is 0 Å². The number of para-hydroxylation sites is 1. The van der Waals surface area contributed by atoms with Crippen molar-refractivity contribution >= 4 is 22.4 Å². The first-order valence-corrected chi connectivity index (χ1v) is 8.51. The fourth-order valence-corrected chi connectivity index (χ4v) is 3.14. The zero-order valence-electron chi connectivity index (χ0n) is 13.3. The van der Waals surface area contributed by atoms with Gasteiger partial charge in [0.25, 0.3) is 5.91 Å². The van der Waals surface area contributed by atoms with Gasteiger partial charge in [0.15, 0.2) is 16.6 Å². The van der Waals surface area contributed by atoms with Gasteiger partial charge >= 0.3 is 0 Å². The molecule has 25 heavy (non-hydrogen) atoms. The largest absolute Gasteiger partial charge is 0.463 e. The SMILES string of the molecule is Cc1cc(C(=O)Nc2nc(-c3ccco3)cs2)nn1-c1ccccc1. The van der Waals surface area contributed by atoms with Crippen molar-refractivity contribution in [1.82, 2.24) is 14.8 Å². The first-order valence-electron chi connectivity index (χ1n) is 7.63. The molecule has 124 valence electrons. The van der Waals surface area contributed by atoms with E-state index in [0.29, 0.717) is 22.3 Å². The lowest BCUT2D eigenvalue weighted by molar-refractivity contribution is 0.102. The Morgan fingerprint density at radius 3 is 2.80 bits per heavy atom. The molecule has 7 heteroatoms. The van der Waals surface area contributed by atoms with Gasteiger partial charge in [-0.25, -0.2) is 9.67 Å². The molecule has 3 aromatic heterocycles. The quantitative estimate of drug-likeness (QED) is 0.600. The maximum absolute atomic E-state index is 12.5. The summed E-state index contributed by atoms with van der Waals surface area (Å²) in [6.45, 7) is 1.91. The van der Waals surface area contributed by atoms with Crippen LogP contribution in [0.1, 0.15) is 16.2 Å². The second-order valence-electron chi connectivity index (χ2n) is 5.39. The van der Waals surface area contributed by atoms with Crippen LogP contribution in [0.25, 0.3) is 17.1 Å². The summed E-state index contributed by atoms with van der Waals surface area (Å²) in [4.78, 5) is 16.8. The van der Waals surface area contributed by atoms with Crippen LogP contribution in [-0.2, 0) is 0 Å². The average Bonchev–Trinajstić information content (AvgIpc) is 3.35. The third kappa shape index (κ3) is 3.09. The molecule has 0 saturated carbocycles. The Kier molecular flexibility index (Phi) is 3.91. The van der Waals surface area contributed by atoms with Crippen molar-refractivity contribution in [3.8, 4) is 17.1 Å². The predicted molar refractivity (Wildman–Crippen MR) is 96.1 cm³/mol. The number of furan rings is 1. The van der Waals surface area contributed by atoms with E-state index < -0.39 is 0 Å². The highest BCUT2D eigenvalue weighted by molar-refractivity contribution is 7.14. The summed E-state index contributed by atoms with van der Waals surface area (Å²) in [5.74, 6) is 0.374. The molecule has 0 fully saturated rings. The molecule has 0 spiro atoms. The Bertz CT molecular complexity index is 1000. The zero-order chi connectivity index (χ0) is 17.2. The fraction of sp³-hybridized carbons (Fsp3) is 0.0556. The number of aryl methyl sites for hydroxylation is 1. The minimum atomic E-state index is -0.293. The molecule has 0 aliphatic heterocycles. The molecule has 0 bridgehead atoms. The van der Waals surface area contributed by atoms with E-state index in [1.807, 2.05) is 48.7 Å². The molecule has 0 saturated heterocycles. The number of thiazole rings is 1. The van der Waals surface area contributed by atoms with Crippen LogP contribution in [-0.4, -0.2) is 20.7 Å². The van der Waals surface area contributed by atoms with E-state index in [2.05, 4.69) is 15.4 Å². The predicted octanol–water partition coefficient (Wildman–Crippen LogP) is 4.15. The Morgan fingerprint density at radius 1 is 1.20 bits per heavy atom. The van der Waals surface area contributed by atoms with Crippen LogP contribution in [0.3, 0.4) is 0 Å². The minimum absolute atomic E-state index is 0.293. The van der Waals surface area contributed by atoms with E-state index in [0.717, 1.165) is 11.4 Å². The van der Waals surface area contributed by atoms with Crippen molar-refractivity contribution in [2.75, 3.05) is 5.32 Å². The third-order valence-corrected chi connectivity index (χ3v) is 4.38. The minimum Gasteiger partial charge on any atom is -0.463 e. The second kappa shape index (κ2) is 6.37. The normalized spacial score (nSPS) is 10.8. The van der Waals surface area contributed by atoms with E-state index in [1.54, 1.807) is 23.1 Å². The van der Waals surface area contributed by atoms with Crippen molar-refractivity contribution in [3.05, 3.63) is 71.6 Å². The van der Waals surface area contributed by atoms with Crippen LogP contribution in [0.5, 0.6) is 0 Å². The Balaban J connectivity index is 1.54. The second-order valence-corrected chi connectivity index (χ2v) is 6.25. The van der Waals surface area contributed by atoms with E-state index in [-0.39, 0.29) is 5.91 Å². The Labute approximate surface area is 147 Å². The van der Waals surface area contributed by atoms with Gasteiger partial charge in [0.05, 0.1) is 12.0 Å². The summed E-state index contributed by atoms with van der Waals surface area (Å²) in [7, 11) is 0. The summed E-state index contributed by atoms with van der Waals surface area (Å²) in [5.41, 5.74) is 2.83. The standard InChI is InChI=1S/C18H14N4O2S/c1-12-10-14(21-22(12)13-6-3-2-4-7-13)17(23)20-18-19-15(11-25-18)16-8-5-9-24-16/h2-11H,1H3,(H,19,20,23). The number of amides is 1. The van der Waals surface area contributed by atoms with Crippen molar-refractivity contribution in [3.63, 3.8) is 0 Å². The van der Waals surface area contributed by atoms with E-state index in [9.17, 15) is 4.79 Å². The topological polar surface area (TPSA) is 73.0 Å². The monoisotopic (exact) mass is 350 g/mol. The number of nitrogens with zero attached hydrogens (tertiary/aromatic N) is 3. The first-order chi connectivity index (χ1) is 12.2. The number of hydrogen-bond donors (Lipinski definition) is 1. The first kappa shape index (κ1) is 15.3. The molecular formula is C18H14N4O2S. The van der Waals surface area contributed by atoms with Gasteiger partial charge in [-0.05, 0) is 37.3 Å². The van der Waals surface area contributed by atoms with E-state index in [4.69, 9.17) is 4.42 Å². The van der Waals surface area contributed by atoms with Crippen LogP contribution >= 0.6 is 11.3 Å². The number of benzene rings is 1. The van der Waals surface area contributed by atoms with Gasteiger partial charge in [0, 0.05) is 11.1 Å². The summed E-state index contributed by atoms with van der Waals surface area (Å²) in [6.07, 6.45) is 1.59. The number of hydrogen-bond acceptors (Lipinski definition) is 5. The smallest absolute Gasteiger partial charge is 0.277 e. The van der Waals surface area contributed by atoms with Crippen LogP contribution in [0, 0.1) is 6.92 Å². The maximum atomic E-state index is 12.5. The van der Waals surface area contributed by atoms with E-state index >= 15 is 0 Å². The molecule has 1 N–H and O–H groups in total. The lowest BCUT2D eigenvalue weighted by Gasteiger charge is -2.02. The van der Waals surface area contributed by atoms with Gasteiger partial charge in [0.2, 0.25) is 0 Å². The highest BCUT2D eigenvalue weighted by Gasteiger charge is 2.15. The van der Waals surface area contributed by atoms with Crippen LogP contribution < -0.4 is 5.32 Å². The molecular weight excluding hydrogens is 336 g/mol. The summed E-state index contributed by atoms with van der Waals surface area (Å²) in [6, 6.07) is 15.1. The van der Waals surface area contributed by atoms with Crippen LogP contribution in [0.4, 0.5) is 5.13 Å². The fourth-order valence-electron chi connectivity index (χ4n) is 2.45. The molecule has 3 heterocycles. The highest BCUT2D eigenvalue weighted by atomic mass is 32.1. The lowest BCUT2D eigenvalue weighted by atomic mass is 10.3. The molecule has 0 radical (unpaired) electrons. The van der Waals surface area contributed by atoms with Gasteiger partial charge < -0.3 is 4.42 Å². The average molecular weight is 350 g/mol. The lowest BCUT2D eigenvalue weighted by Crippen LogP contribution is -2.13. The molecule has 1 aromatic carbocycles. The maximum Gasteiger partial charge on any atom is 0.277 e. The molecule has 1 amide bonds.